The Hall–Kier alpha value is 0.0269. The van der Waals surface area contributed by atoms with Crippen molar-refractivity contribution in [3.05, 3.63) is 0 Å². The third-order valence-electron chi connectivity index (χ3n) is 4.16. The summed E-state index contributed by atoms with van der Waals surface area (Å²) in [7, 11) is -3.00. The summed E-state index contributed by atoms with van der Waals surface area (Å²) in [4.78, 5) is 0. The van der Waals surface area contributed by atoms with Gasteiger partial charge in [0.25, 0.3) is 0 Å². The zero-order valence-electron chi connectivity index (χ0n) is 15.9. The van der Waals surface area contributed by atoms with Crippen LogP contribution < -0.4 is 0 Å². The minimum Gasteiger partial charge on any atom is -0.374 e. The molecule has 0 atom stereocenters. The zero-order valence-corrected chi connectivity index (χ0v) is 16.9. The molecule has 0 fully saturated rings. The van der Waals surface area contributed by atoms with Crippen molar-refractivity contribution in [2.75, 3.05) is 19.9 Å². The van der Waals surface area contributed by atoms with E-state index in [4.69, 9.17) is 13.3 Å². The van der Waals surface area contributed by atoms with Gasteiger partial charge >= 0.3 is 8.80 Å². The van der Waals surface area contributed by atoms with Crippen molar-refractivity contribution in [2.24, 2.45) is 17.8 Å². The molecule has 0 aliphatic carbocycles. The van der Waals surface area contributed by atoms with Crippen LogP contribution in [-0.2, 0) is 13.3 Å². The Morgan fingerprint density at radius 1 is 0.909 bits per heavy atom. The maximum atomic E-state index is 13.2. The highest BCUT2D eigenvalue weighted by Crippen LogP contribution is 2.40. The van der Waals surface area contributed by atoms with Crippen molar-refractivity contribution in [1.29, 1.82) is 0 Å². The molecular weight excluding hydrogens is 299 g/mol. The van der Waals surface area contributed by atoms with Gasteiger partial charge in [-0.25, -0.2) is 0 Å². The molecule has 0 bridgehead atoms. The first-order valence-electron chi connectivity index (χ1n) is 8.73. The first-order valence-corrected chi connectivity index (χ1v) is 10.7. The van der Waals surface area contributed by atoms with Crippen molar-refractivity contribution in [2.45, 2.75) is 73.5 Å². The van der Waals surface area contributed by atoms with Gasteiger partial charge in [0.15, 0.2) is 0 Å². The lowest BCUT2D eigenvalue weighted by atomic mass is 9.75. The summed E-state index contributed by atoms with van der Waals surface area (Å²) in [5.41, 5.74) is -0.347. The third kappa shape index (κ3) is 5.91. The van der Waals surface area contributed by atoms with Gasteiger partial charge in [0.1, 0.15) is 0 Å². The molecule has 5 heteroatoms. The quantitative estimate of drug-likeness (QED) is 0.465. The monoisotopic (exact) mass is 336 g/mol. The highest BCUT2D eigenvalue weighted by Gasteiger charge is 2.51. The second-order valence-corrected chi connectivity index (χ2v) is 9.60. The summed E-state index contributed by atoms with van der Waals surface area (Å²) in [5.74, 6) is 1.11. The minimum atomic E-state index is -3.00. The average Bonchev–Trinajstić information content (AvgIpc) is 2.37. The molecule has 0 aromatic rings. The van der Waals surface area contributed by atoms with Gasteiger partial charge < -0.3 is 13.3 Å². The van der Waals surface area contributed by atoms with E-state index in [9.17, 15) is 4.39 Å². The molecule has 0 spiro atoms. The summed E-state index contributed by atoms with van der Waals surface area (Å²) < 4.78 is 31.6. The third-order valence-corrected chi connectivity index (χ3v) is 7.11. The number of hydrogen-bond donors (Lipinski definition) is 0. The number of hydrogen-bond acceptors (Lipinski definition) is 3. The molecule has 0 amide bonds. The molecule has 0 saturated heterocycles. The van der Waals surface area contributed by atoms with E-state index < -0.39 is 15.5 Å². The molecule has 22 heavy (non-hydrogen) atoms. The van der Waals surface area contributed by atoms with Crippen LogP contribution in [0, 0.1) is 17.8 Å². The molecule has 0 aromatic carbocycles. The van der Waals surface area contributed by atoms with Gasteiger partial charge in [-0.3, -0.25) is 4.39 Å². The van der Waals surface area contributed by atoms with Gasteiger partial charge in [-0.15, -0.1) is 0 Å². The fraction of sp³-hybridized carbons (Fsp3) is 1.00. The van der Waals surface area contributed by atoms with E-state index in [-0.39, 0.29) is 11.6 Å². The van der Waals surface area contributed by atoms with E-state index in [1.165, 1.54) is 0 Å². The largest absolute Gasteiger partial charge is 0.504 e. The van der Waals surface area contributed by atoms with Crippen LogP contribution in [0.2, 0.25) is 6.04 Å². The van der Waals surface area contributed by atoms with Crippen LogP contribution in [0.1, 0.15) is 61.8 Å². The highest BCUT2D eigenvalue weighted by atomic mass is 28.4. The maximum absolute atomic E-state index is 13.2. The Balaban J connectivity index is 5.67. The Morgan fingerprint density at radius 2 is 1.36 bits per heavy atom. The zero-order chi connectivity index (χ0) is 17.4. The number of rotatable bonds is 12. The standard InChI is InChI=1S/C17H37FO3Si/c1-9-19-22(12-11-18,20-10-2)21-17(15(5)6,16(7)8)13-14(3)4/h14-16H,9-13H2,1-8H3. The van der Waals surface area contributed by atoms with Crippen LogP contribution >= 0.6 is 0 Å². The molecule has 0 rings (SSSR count). The van der Waals surface area contributed by atoms with Crippen molar-refractivity contribution >= 4 is 8.80 Å². The highest BCUT2D eigenvalue weighted by molar-refractivity contribution is 6.60. The summed E-state index contributed by atoms with van der Waals surface area (Å²) in [6, 6.07) is 0.230. The van der Waals surface area contributed by atoms with Crippen LogP contribution in [0.15, 0.2) is 0 Å². The van der Waals surface area contributed by atoms with Crippen molar-refractivity contribution in [3.63, 3.8) is 0 Å². The van der Waals surface area contributed by atoms with Crippen LogP contribution in [0.3, 0.4) is 0 Å². The molecule has 0 saturated carbocycles. The second-order valence-electron chi connectivity index (χ2n) is 6.95. The van der Waals surface area contributed by atoms with E-state index in [0.717, 1.165) is 6.42 Å². The molecule has 0 aromatic heterocycles. The molecule has 0 radical (unpaired) electrons. The van der Waals surface area contributed by atoms with Gasteiger partial charge in [-0.05, 0) is 38.0 Å². The normalized spacial score (nSPS) is 13.6. The molecule has 3 nitrogen and oxygen atoms in total. The van der Waals surface area contributed by atoms with Gasteiger partial charge in [-0.1, -0.05) is 41.5 Å². The first-order chi connectivity index (χ1) is 10.2. The molecule has 134 valence electrons. The van der Waals surface area contributed by atoms with Crippen molar-refractivity contribution in [3.8, 4) is 0 Å². The van der Waals surface area contributed by atoms with Gasteiger partial charge in [0.05, 0.1) is 12.3 Å². The van der Waals surface area contributed by atoms with Crippen molar-refractivity contribution < 1.29 is 17.7 Å². The molecule has 0 aliphatic heterocycles. The summed E-state index contributed by atoms with van der Waals surface area (Å²) >= 11 is 0. The fourth-order valence-corrected chi connectivity index (χ4v) is 6.03. The lowest BCUT2D eigenvalue weighted by molar-refractivity contribution is -0.0965. The number of halogens is 1. The van der Waals surface area contributed by atoms with E-state index >= 15 is 0 Å². The average molecular weight is 337 g/mol. The molecule has 0 aliphatic rings. The van der Waals surface area contributed by atoms with E-state index in [2.05, 4.69) is 41.5 Å². The number of alkyl halides is 1. The van der Waals surface area contributed by atoms with Crippen LogP contribution in [0.4, 0.5) is 4.39 Å². The predicted octanol–water partition coefficient (Wildman–Crippen LogP) is 5.08. The van der Waals surface area contributed by atoms with E-state index in [1.807, 2.05) is 13.8 Å². The fourth-order valence-electron chi connectivity index (χ4n) is 3.19. The second kappa shape index (κ2) is 10.0. The Kier molecular flexibility index (Phi) is 10.0. The van der Waals surface area contributed by atoms with Crippen LogP contribution in [0.5, 0.6) is 0 Å². The lowest BCUT2D eigenvalue weighted by Gasteiger charge is -2.47. The Bertz CT molecular complexity index is 271. The SMILES string of the molecule is CCO[Si](CCF)(OCC)OC(CC(C)C)(C(C)C)C(C)C. The van der Waals surface area contributed by atoms with Gasteiger partial charge in [-0.2, -0.15) is 0 Å². The molecular formula is C17H37FO3Si. The first kappa shape index (κ1) is 22.0. The summed E-state index contributed by atoms with van der Waals surface area (Å²) in [5, 5.41) is 0. The Morgan fingerprint density at radius 3 is 1.64 bits per heavy atom. The Labute approximate surface area is 138 Å². The molecule has 0 N–H and O–H groups in total. The maximum Gasteiger partial charge on any atom is 0.504 e. The van der Waals surface area contributed by atoms with Crippen molar-refractivity contribution in [1.82, 2.24) is 0 Å². The smallest absolute Gasteiger partial charge is 0.374 e. The van der Waals surface area contributed by atoms with Crippen LogP contribution in [-0.4, -0.2) is 34.3 Å². The predicted molar refractivity (Wildman–Crippen MR) is 92.7 cm³/mol. The summed E-state index contributed by atoms with van der Waals surface area (Å²) in [6.07, 6.45) is 0.920. The van der Waals surface area contributed by atoms with Crippen LogP contribution in [0.25, 0.3) is 0 Å². The lowest BCUT2D eigenvalue weighted by Crippen LogP contribution is -2.58. The molecule has 0 heterocycles. The topological polar surface area (TPSA) is 27.7 Å². The summed E-state index contributed by atoms with van der Waals surface area (Å²) in [6.45, 7) is 17.4. The van der Waals surface area contributed by atoms with E-state index in [1.54, 1.807) is 0 Å². The minimum absolute atomic E-state index is 0.230. The van der Waals surface area contributed by atoms with Gasteiger partial charge in [0.2, 0.25) is 0 Å². The molecule has 0 unspecified atom stereocenters. The van der Waals surface area contributed by atoms with Gasteiger partial charge in [0, 0.05) is 19.3 Å². The van der Waals surface area contributed by atoms with E-state index in [0.29, 0.717) is 31.0 Å².